The number of hydrogen-bond donors (Lipinski definition) is 1. The molecule has 22 heavy (non-hydrogen) atoms. The van der Waals surface area contributed by atoms with E-state index in [9.17, 15) is 9.59 Å². The van der Waals surface area contributed by atoms with Crippen molar-refractivity contribution in [2.75, 3.05) is 18.2 Å². The van der Waals surface area contributed by atoms with Gasteiger partial charge < -0.3 is 4.90 Å². The Kier molecular flexibility index (Phi) is 3.56. The van der Waals surface area contributed by atoms with E-state index in [1.165, 1.54) is 4.90 Å². The smallest absolute Gasteiger partial charge is 0.246 e. The van der Waals surface area contributed by atoms with Crippen LogP contribution in [0.15, 0.2) is 29.3 Å². The molecule has 2 aliphatic rings. The van der Waals surface area contributed by atoms with Crippen molar-refractivity contribution in [3.63, 3.8) is 0 Å². The van der Waals surface area contributed by atoms with Crippen LogP contribution in [0.4, 0.5) is 5.69 Å². The molecule has 0 bridgehead atoms. The van der Waals surface area contributed by atoms with Gasteiger partial charge in [-0.05, 0) is 25.5 Å². The second kappa shape index (κ2) is 5.28. The summed E-state index contributed by atoms with van der Waals surface area (Å²) in [5.41, 5.74) is -0.238. The molecule has 2 amide bonds. The molecule has 0 saturated carbocycles. The number of nitrogens with zero attached hydrogens (tertiary/aromatic N) is 3. The summed E-state index contributed by atoms with van der Waals surface area (Å²) in [6.45, 7) is 4.15. The van der Waals surface area contributed by atoms with Crippen LogP contribution >= 0.6 is 11.6 Å². The molecule has 1 aromatic rings. The fraction of sp³-hybridized carbons (Fsp3) is 0.400. The monoisotopic (exact) mass is 320 g/mol. The number of rotatable bonds is 2. The van der Waals surface area contributed by atoms with Crippen molar-refractivity contribution < 1.29 is 9.59 Å². The molecule has 0 radical (unpaired) electrons. The van der Waals surface area contributed by atoms with Gasteiger partial charge in [-0.25, -0.2) is 4.99 Å². The minimum Gasteiger partial charge on any atom is -0.332 e. The van der Waals surface area contributed by atoms with Gasteiger partial charge in [-0.2, -0.15) is 0 Å². The Morgan fingerprint density at radius 1 is 1.36 bits per heavy atom. The fourth-order valence-corrected chi connectivity index (χ4v) is 2.85. The van der Waals surface area contributed by atoms with Gasteiger partial charge in [0.15, 0.2) is 0 Å². The number of carbonyl (C=O) groups is 2. The van der Waals surface area contributed by atoms with Gasteiger partial charge in [0, 0.05) is 0 Å². The number of fused-ring (bicyclic) bond motifs is 1. The fourth-order valence-electron chi connectivity index (χ4n) is 2.59. The SMILES string of the molecule is CCC1(C)C(=O)NC2=NCN(c3ccccc3Cl)CN2C1=O. The number of halogens is 1. The minimum atomic E-state index is -1.05. The van der Waals surface area contributed by atoms with Gasteiger partial charge >= 0.3 is 0 Å². The molecule has 116 valence electrons. The summed E-state index contributed by atoms with van der Waals surface area (Å²) in [6.07, 6.45) is 0.438. The van der Waals surface area contributed by atoms with E-state index in [1.54, 1.807) is 13.0 Å². The van der Waals surface area contributed by atoms with Crippen LogP contribution in [0, 0.1) is 5.41 Å². The third-order valence-corrected chi connectivity index (χ3v) is 4.62. The molecule has 0 spiro atoms. The molecular weight excluding hydrogens is 304 g/mol. The number of guanidine groups is 1. The van der Waals surface area contributed by atoms with Gasteiger partial charge in [-0.1, -0.05) is 30.7 Å². The van der Waals surface area contributed by atoms with Crippen LogP contribution in [0.2, 0.25) is 5.02 Å². The number of aliphatic imine (C=N–C) groups is 1. The third kappa shape index (κ3) is 2.14. The Balaban J connectivity index is 1.93. The standard InChI is InChI=1S/C15H17ClN4O2/c1-3-15(2)12(21)18-14-17-8-19(9-20(14)13(15)22)11-7-5-4-6-10(11)16/h4-7H,3,8-9H2,1-2H3,(H,17,18,21). The van der Waals surface area contributed by atoms with Gasteiger partial charge in [-0.3, -0.25) is 19.8 Å². The van der Waals surface area contributed by atoms with Gasteiger partial charge in [0.25, 0.3) is 0 Å². The van der Waals surface area contributed by atoms with E-state index in [0.717, 1.165) is 5.69 Å². The molecule has 1 unspecified atom stereocenters. The predicted molar refractivity (Wildman–Crippen MR) is 84.5 cm³/mol. The summed E-state index contributed by atoms with van der Waals surface area (Å²) in [4.78, 5) is 32.6. The molecule has 3 rings (SSSR count). The number of anilines is 1. The van der Waals surface area contributed by atoms with Crippen LogP contribution in [0.25, 0.3) is 0 Å². The van der Waals surface area contributed by atoms with E-state index in [0.29, 0.717) is 30.7 Å². The lowest BCUT2D eigenvalue weighted by atomic mass is 9.83. The van der Waals surface area contributed by atoms with Crippen LogP contribution in [0.3, 0.4) is 0 Å². The average molecular weight is 321 g/mol. The van der Waals surface area contributed by atoms with E-state index >= 15 is 0 Å². The molecule has 1 saturated heterocycles. The highest BCUT2D eigenvalue weighted by Gasteiger charge is 2.49. The number of amides is 2. The summed E-state index contributed by atoms with van der Waals surface area (Å²) >= 11 is 6.21. The Morgan fingerprint density at radius 2 is 2.09 bits per heavy atom. The number of hydrogen-bond acceptors (Lipinski definition) is 4. The van der Waals surface area contributed by atoms with E-state index in [1.807, 2.05) is 30.0 Å². The van der Waals surface area contributed by atoms with Crippen molar-refractivity contribution in [3.05, 3.63) is 29.3 Å². The van der Waals surface area contributed by atoms with Crippen molar-refractivity contribution in [1.29, 1.82) is 0 Å². The molecule has 2 heterocycles. The highest BCUT2D eigenvalue weighted by Crippen LogP contribution is 2.31. The lowest BCUT2D eigenvalue weighted by Crippen LogP contribution is -2.66. The molecule has 7 heteroatoms. The van der Waals surface area contributed by atoms with Crippen molar-refractivity contribution >= 4 is 35.1 Å². The molecule has 6 nitrogen and oxygen atoms in total. The Bertz CT molecular complexity index is 675. The molecule has 0 aliphatic carbocycles. The first-order chi connectivity index (χ1) is 10.5. The first kappa shape index (κ1) is 14.8. The highest BCUT2D eigenvalue weighted by molar-refractivity contribution is 6.33. The number of benzene rings is 1. The van der Waals surface area contributed by atoms with Crippen LogP contribution in [0.1, 0.15) is 20.3 Å². The van der Waals surface area contributed by atoms with Gasteiger partial charge in [0.2, 0.25) is 17.8 Å². The zero-order valence-electron chi connectivity index (χ0n) is 12.5. The van der Waals surface area contributed by atoms with E-state index in [-0.39, 0.29) is 11.8 Å². The Morgan fingerprint density at radius 3 is 2.77 bits per heavy atom. The van der Waals surface area contributed by atoms with E-state index < -0.39 is 5.41 Å². The van der Waals surface area contributed by atoms with Crippen molar-refractivity contribution in [3.8, 4) is 0 Å². The van der Waals surface area contributed by atoms with Crippen LogP contribution in [-0.2, 0) is 9.59 Å². The topological polar surface area (TPSA) is 65.0 Å². The number of para-hydroxylation sites is 1. The zero-order chi connectivity index (χ0) is 15.9. The first-order valence-electron chi connectivity index (χ1n) is 7.14. The summed E-state index contributed by atoms with van der Waals surface area (Å²) in [5, 5.41) is 3.34. The largest absolute Gasteiger partial charge is 0.332 e. The molecule has 1 N–H and O–H groups in total. The van der Waals surface area contributed by atoms with Crippen LogP contribution in [0.5, 0.6) is 0 Å². The Labute approximate surface area is 133 Å². The number of nitrogens with one attached hydrogen (secondary N) is 1. The van der Waals surface area contributed by atoms with Gasteiger partial charge in [-0.15, -0.1) is 0 Å². The summed E-state index contributed by atoms with van der Waals surface area (Å²) in [6, 6.07) is 7.42. The van der Waals surface area contributed by atoms with Crippen molar-refractivity contribution in [2.24, 2.45) is 10.4 Å². The van der Waals surface area contributed by atoms with Gasteiger partial charge in [0.05, 0.1) is 10.7 Å². The Hall–Kier alpha value is -2.08. The second-order valence-corrected chi connectivity index (χ2v) is 6.04. The lowest BCUT2D eigenvalue weighted by molar-refractivity contribution is -0.149. The third-order valence-electron chi connectivity index (χ3n) is 4.30. The maximum atomic E-state index is 12.7. The van der Waals surface area contributed by atoms with Crippen LogP contribution in [-0.4, -0.2) is 36.0 Å². The quantitative estimate of drug-likeness (QED) is 0.845. The van der Waals surface area contributed by atoms with E-state index in [2.05, 4.69) is 10.3 Å². The second-order valence-electron chi connectivity index (χ2n) is 5.63. The predicted octanol–water partition coefficient (Wildman–Crippen LogP) is 1.81. The van der Waals surface area contributed by atoms with E-state index in [4.69, 9.17) is 11.6 Å². The van der Waals surface area contributed by atoms with Crippen molar-refractivity contribution in [2.45, 2.75) is 20.3 Å². The summed E-state index contributed by atoms with van der Waals surface area (Å²) in [7, 11) is 0. The average Bonchev–Trinajstić information content (AvgIpc) is 2.53. The zero-order valence-corrected chi connectivity index (χ0v) is 13.2. The summed E-state index contributed by atoms with van der Waals surface area (Å²) in [5.74, 6) is -0.195. The first-order valence-corrected chi connectivity index (χ1v) is 7.52. The van der Waals surface area contributed by atoms with Crippen molar-refractivity contribution in [1.82, 2.24) is 10.2 Å². The molecule has 1 atom stereocenters. The molecular formula is C15H17ClN4O2. The molecule has 1 aromatic carbocycles. The van der Waals surface area contributed by atoms with Gasteiger partial charge in [0.1, 0.15) is 18.8 Å². The highest BCUT2D eigenvalue weighted by atomic mass is 35.5. The summed E-state index contributed by atoms with van der Waals surface area (Å²) < 4.78 is 0. The lowest BCUT2D eigenvalue weighted by Gasteiger charge is -2.43. The molecule has 1 fully saturated rings. The normalized spacial score (nSPS) is 24.8. The number of carbonyl (C=O) groups excluding carboxylic acids is 2. The maximum Gasteiger partial charge on any atom is 0.246 e. The minimum absolute atomic E-state index is 0.228. The van der Waals surface area contributed by atoms with Crippen LogP contribution < -0.4 is 10.2 Å². The molecule has 2 aliphatic heterocycles. The maximum absolute atomic E-state index is 12.7. The molecule has 0 aromatic heterocycles.